The molecule has 3 rings (SSSR count). The molecular weight excluding hydrogens is 275 g/mol. The quantitative estimate of drug-likeness (QED) is 0.783. The second kappa shape index (κ2) is 4.82. The molecule has 1 aromatic heterocycles. The maximum absolute atomic E-state index is 13.0. The van der Waals surface area contributed by atoms with Crippen LogP contribution in [0.2, 0.25) is 0 Å². The summed E-state index contributed by atoms with van der Waals surface area (Å²) in [5.41, 5.74) is -0.288. The monoisotopic (exact) mass is 284 g/mol. The molecule has 0 unspecified atom stereocenters. The minimum atomic E-state index is -1.40. The number of para-hydroxylation sites is 1. The van der Waals surface area contributed by atoms with Gasteiger partial charge in [-0.25, -0.2) is 13.9 Å². The van der Waals surface area contributed by atoms with Gasteiger partial charge in [-0.3, -0.25) is 4.79 Å². The number of halogens is 1. The van der Waals surface area contributed by atoms with Gasteiger partial charge in [-0.15, -0.1) is 0 Å². The first-order valence-electron chi connectivity index (χ1n) is 6.09. The molecule has 0 saturated heterocycles. The number of nitrogens with zero attached hydrogens (tertiary/aromatic N) is 2. The van der Waals surface area contributed by atoms with Gasteiger partial charge in [-0.1, -0.05) is 12.1 Å². The van der Waals surface area contributed by atoms with E-state index in [0.29, 0.717) is 11.2 Å². The van der Waals surface area contributed by atoms with Crippen LogP contribution in [0.15, 0.2) is 53.3 Å². The molecule has 0 atom stereocenters. The van der Waals surface area contributed by atoms with Crippen molar-refractivity contribution in [1.29, 1.82) is 0 Å². The normalized spacial score (nSPS) is 10.7. The molecule has 0 radical (unpaired) electrons. The average molecular weight is 284 g/mol. The van der Waals surface area contributed by atoms with Gasteiger partial charge in [0.1, 0.15) is 5.82 Å². The zero-order valence-corrected chi connectivity index (χ0v) is 10.7. The van der Waals surface area contributed by atoms with E-state index in [-0.39, 0.29) is 5.39 Å². The maximum Gasteiger partial charge on any atom is 0.360 e. The topological polar surface area (TPSA) is 72.2 Å². The van der Waals surface area contributed by atoms with Crippen molar-refractivity contribution in [2.75, 3.05) is 0 Å². The van der Waals surface area contributed by atoms with Gasteiger partial charge < -0.3 is 5.11 Å². The number of rotatable bonds is 2. The molecular formula is C15H9FN2O3. The van der Waals surface area contributed by atoms with Gasteiger partial charge in [-0.2, -0.15) is 5.10 Å². The first kappa shape index (κ1) is 13.0. The molecule has 1 heterocycles. The van der Waals surface area contributed by atoms with E-state index in [0.717, 1.165) is 0 Å². The van der Waals surface area contributed by atoms with Gasteiger partial charge >= 0.3 is 5.97 Å². The summed E-state index contributed by atoms with van der Waals surface area (Å²) in [5, 5.41) is 13.2. The Morgan fingerprint density at radius 3 is 2.43 bits per heavy atom. The molecule has 0 fully saturated rings. The zero-order valence-electron chi connectivity index (χ0n) is 10.7. The van der Waals surface area contributed by atoms with Crippen LogP contribution in [0.4, 0.5) is 4.39 Å². The fourth-order valence-corrected chi connectivity index (χ4v) is 2.10. The number of benzene rings is 2. The van der Waals surface area contributed by atoms with E-state index < -0.39 is 22.9 Å². The van der Waals surface area contributed by atoms with Crippen molar-refractivity contribution in [3.8, 4) is 5.69 Å². The summed E-state index contributed by atoms with van der Waals surface area (Å²) >= 11 is 0. The molecule has 5 nitrogen and oxygen atoms in total. The molecule has 0 amide bonds. The third-order valence-electron chi connectivity index (χ3n) is 3.07. The van der Waals surface area contributed by atoms with Crippen molar-refractivity contribution in [3.05, 3.63) is 70.3 Å². The van der Waals surface area contributed by atoms with Gasteiger partial charge in [0.2, 0.25) is 11.1 Å². The summed E-state index contributed by atoms with van der Waals surface area (Å²) in [6.45, 7) is 0. The van der Waals surface area contributed by atoms with Crippen LogP contribution in [-0.4, -0.2) is 20.9 Å². The number of carboxylic acid groups (broad SMARTS) is 1. The van der Waals surface area contributed by atoms with E-state index in [9.17, 15) is 14.0 Å². The highest BCUT2D eigenvalue weighted by Gasteiger charge is 2.16. The smallest absolute Gasteiger partial charge is 0.360 e. The fourth-order valence-electron chi connectivity index (χ4n) is 2.10. The molecule has 0 saturated carbocycles. The Balaban J connectivity index is 2.41. The molecule has 0 aliphatic rings. The van der Waals surface area contributed by atoms with E-state index in [1.807, 2.05) is 0 Å². The zero-order chi connectivity index (χ0) is 15.0. The highest BCUT2D eigenvalue weighted by Crippen LogP contribution is 2.15. The third kappa shape index (κ3) is 2.16. The Morgan fingerprint density at radius 1 is 1.10 bits per heavy atom. The van der Waals surface area contributed by atoms with Gasteiger partial charge in [0, 0.05) is 0 Å². The Bertz CT molecular complexity index is 901. The predicted molar refractivity (Wildman–Crippen MR) is 74.3 cm³/mol. The van der Waals surface area contributed by atoms with Crippen LogP contribution in [0.5, 0.6) is 0 Å². The summed E-state index contributed by atoms with van der Waals surface area (Å²) in [6, 6.07) is 11.9. The number of hydrogen-bond acceptors (Lipinski definition) is 3. The van der Waals surface area contributed by atoms with Crippen LogP contribution in [0, 0.1) is 5.82 Å². The minimum Gasteiger partial charge on any atom is -0.476 e. The molecule has 3 aromatic rings. The molecule has 6 heteroatoms. The highest BCUT2D eigenvalue weighted by atomic mass is 19.1. The lowest BCUT2D eigenvalue weighted by Gasteiger charge is -2.10. The average Bonchev–Trinajstić information content (AvgIpc) is 2.49. The molecule has 0 spiro atoms. The molecule has 104 valence electrons. The molecule has 0 bridgehead atoms. The summed E-state index contributed by atoms with van der Waals surface area (Å²) in [5.74, 6) is -1.82. The van der Waals surface area contributed by atoms with Crippen LogP contribution in [0.3, 0.4) is 0 Å². The number of fused-ring (bicyclic) bond motifs is 1. The van der Waals surface area contributed by atoms with Gasteiger partial charge in [0.05, 0.1) is 16.6 Å². The SMILES string of the molecule is O=C(O)c1nn(-c2ccc(F)cc2)c2ccccc2c1=O. The Morgan fingerprint density at radius 2 is 1.76 bits per heavy atom. The van der Waals surface area contributed by atoms with Crippen molar-refractivity contribution in [2.45, 2.75) is 0 Å². The summed E-state index contributed by atoms with van der Waals surface area (Å²) < 4.78 is 14.3. The first-order valence-corrected chi connectivity index (χ1v) is 6.09. The lowest BCUT2D eigenvalue weighted by Crippen LogP contribution is -2.22. The Labute approximate surface area is 117 Å². The number of aromatic carboxylic acids is 1. The van der Waals surface area contributed by atoms with Gasteiger partial charge in [0.15, 0.2) is 0 Å². The van der Waals surface area contributed by atoms with Crippen LogP contribution in [0.1, 0.15) is 10.5 Å². The van der Waals surface area contributed by atoms with Crippen LogP contribution in [0.25, 0.3) is 16.6 Å². The highest BCUT2D eigenvalue weighted by molar-refractivity contribution is 5.90. The number of aromatic nitrogens is 2. The van der Waals surface area contributed by atoms with E-state index in [2.05, 4.69) is 5.10 Å². The second-order valence-electron chi connectivity index (χ2n) is 4.39. The largest absolute Gasteiger partial charge is 0.476 e. The standard InChI is InChI=1S/C15H9FN2O3/c16-9-5-7-10(8-6-9)18-12-4-2-1-3-11(12)14(19)13(17-18)15(20)21/h1-8H,(H,20,21). The minimum absolute atomic E-state index is 0.245. The van der Waals surface area contributed by atoms with E-state index in [1.165, 1.54) is 35.0 Å². The number of carboxylic acids is 1. The Kier molecular flexibility index (Phi) is 2.98. The number of carbonyl (C=O) groups is 1. The summed E-state index contributed by atoms with van der Waals surface area (Å²) in [6.07, 6.45) is 0. The maximum atomic E-state index is 13.0. The van der Waals surface area contributed by atoms with E-state index in [1.54, 1.807) is 18.2 Å². The van der Waals surface area contributed by atoms with Gasteiger partial charge in [-0.05, 0) is 36.4 Å². The van der Waals surface area contributed by atoms with Crippen LogP contribution < -0.4 is 5.43 Å². The van der Waals surface area contributed by atoms with Crippen molar-refractivity contribution in [2.24, 2.45) is 0 Å². The second-order valence-corrected chi connectivity index (χ2v) is 4.39. The molecule has 0 aliphatic heterocycles. The first-order chi connectivity index (χ1) is 10.1. The number of hydrogen-bond donors (Lipinski definition) is 1. The third-order valence-corrected chi connectivity index (χ3v) is 3.07. The van der Waals surface area contributed by atoms with E-state index >= 15 is 0 Å². The lowest BCUT2D eigenvalue weighted by molar-refractivity contribution is 0.0687. The molecule has 1 N–H and O–H groups in total. The molecule has 0 aliphatic carbocycles. The van der Waals surface area contributed by atoms with Gasteiger partial charge in [0.25, 0.3) is 0 Å². The molecule has 21 heavy (non-hydrogen) atoms. The van der Waals surface area contributed by atoms with Crippen molar-refractivity contribution < 1.29 is 14.3 Å². The summed E-state index contributed by atoms with van der Waals surface area (Å²) in [7, 11) is 0. The predicted octanol–water partition coefficient (Wildman–Crippen LogP) is 2.22. The van der Waals surface area contributed by atoms with Crippen LogP contribution >= 0.6 is 0 Å². The fraction of sp³-hybridized carbons (Fsp3) is 0. The summed E-state index contributed by atoms with van der Waals surface area (Å²) in [4.78, 5) is 23.3. The van der Waals surface area contributed by atoms with Crippen molar-refractivity contribution in [3.63, 3.8) is 0 Å². The van der Waals surface area contributed by atoms with Crippen LogP contribution in [-0.2, 0) is 0 Å². The Hall–Kier alpha value is -3.02. The molecule has 2 aromatic carbocycles. The van der Waals surface area contributed by atoms with Crippen molar-refractivity contribution in [1.82, 2.24) is 9.78 Å². The van der Waals surface area contributed by atoms with Crippen molar-refractivity contribution >= 4 is 16.9 Å². The lowest BCUT2D eigenvalue weighted by atomic mass is 10.2. The van der Waals surface area contributed by atoms with E-state index in [4.69, 9.17) is 5.11 Å².